The van der Waals surface area contributed by atoms with Crippen LogP contribution >= 0.6 is 0 Å². The van der Waals surface area contributed by atoms with Gasteiger partial charge in [0.1, 0.15) is 11.4 Å². The van der Waals surface area contributed by atoms with Gasteiger partial charge >= 0.3 is 12.0 Å². The first-order chi connectivity index (χ1) is 10.6. The number of nitrogens with one attached hydrogen (secondary N) is 2. The summed E-state index contributed by atoms with van der Waals surface area (Å²) in [6.07, 6.45) is 8.69. The molecular weight excluding hydrogens is 284 g/mol. The van der Waals surface area contributed by atoms with Crippen molar-refractivity contribution < 1.29 is 14.3 Å². The molecule has 2 N–H and O–H groups in total. The van der Waals surface area contributed by atoms with Gasteiger partial charge in [-0.2, -0.15) is 5.10 Å². The molecule has 0 bridgehead atoms. The van der Waals surface area contributed by atoms with Gasteiger partial charge in [-0.15, -0.1) is 0 Å². The fourth-order valence-corrected chi connectivity index (χ4v) is 3.51. The van der Waals surface area contributed by atoms with Crippen LogP contribution in [0.1, 0.15) is 48.9 Å². The molecule has 2 fully saturated rings. The lowest BCUT2D eigenvalue weighted by atomic mass is 9.86. The first-order valence-electron chi connectivity index (χ1n) is 7.73. The first kappa shape index (κ1) is 14.9. The Bertz CT molecular complexity index is 590. The Morgan fingerprint density at radius 3 is 2.77 bits per heavy atom. The first-order valence-corrected chi connectivity index (χ1v) is 7.73. The second kappa shape index (κ2) is 5.62. The second-order valence-electron chi connectivity index (χ2n) is 6.30. The van der Waals surface area contributed by atoms with E-state index >= 15 is 0 Å². The Kier molecular flexibility index (Phi) is 3.80. The average molecular weight is 306 g/mol. The summed E-state index contributed by atoms with van der Waals surface area (Å²) in [6.45, 7) is 0. The van der Waals surface area contributed by atoms with Gasteiger partial charge in [0.15, 0.2) is 0 Å². The highest BCUT2D eigenvalue weighted by Crippen LogP contribution is 2.56. The van der Waals surface area contributed by atoms with E-state index in [0.29, 0.717) is 11.2 Å². The third-order valence-electron chi connectivity index (χ3n) is 4.92. The number of urea groups is 1. The van der Waals surface area contributed by atoms with Crippen molar-refractivity contribution in [2.45, 2.75) is 44.6 Å². The van der Waals surface area contributed by atoms with Gasteiger partial charge in [-0.25, -0.2) is 9.59 Å². The smallest absolute Gasteiger partial charge is 0.343 e. The number of rotatable bonds is 3. The van der Waals surface area contributed by atoms with E-state index in [1.165, 1.54) is 50.1 Å². The van der Waals surface area contributed by atoms with E-state index in [9.17, 15) is 9.59 Å². The molecule has 1 aromatic heterocycles. The van der Waals surface area contributed by atoms with E-state index < -0.39 is 5.97 Å². The van der Waals surface area contributed by atoms with Crippen molar-refractivity contribution in [2.24, 2.45) is 12.5 Å². The van der Waals surface area contributed by atoms with Gasteiger partial charge in [-0.05, 0) is 24.7 Å². The largest absolute Gasteiger partial charge is 0.465 e. The number of amides is 2. The summed E-state index contributed by atoms with van der Waals surface area (Å²) >= 11 is 0. The van der Waals surface area contributed by atoms with Gasteiger partial charge in [0.05, 0.1) is 13.3 Å². The number of carbonyl (C=O) groups is 2. The molecule has 0 aliphatic heterocycles. The van der Waals surface area contributed by atoms with Crippen molar-refractivity contribution >= 4 is 17.8 Å². The quantitative estimate of drug-likeness (QED) is 0.837. The molecule has 120 valence electrons. The molecule has 2 amide bonds. The summed E-state index contributed by atoms with van der Waals surface area (Å²) in [6, 6.07) is -0.0381. The lowest BCUT2D eigenvalue weighted by molar-refractivity contribution is 0.0602. The minimum absolute atomic E-state index is 0.252. The van der Waals surface area contributed by atoms with E-state index in [4.69, 9.17) is 4.74 Å². The van der Waals surface area contributed by atoms with Crippen LogP contribution in [0.15, 0.2) is 6.20 Å². The maximum Gasteiger partial charge on any atom is 0.343 e. The van der Waals surface area contributed by atoms with Crippen LogP contribution in [0.5, 0.6) is 0 Å². The number of aromatic nitrogens is 2. The maximum absolute atomic E-state index is 12.2. The molecule has 1 heterocycles. The molecule has 2 aliphatic rings. The summed E-state index contributed by atoms with van der Waals surface area (Å²) in [5.74, 6) is -0.165. The van der Waals surface area contributed by atoms with E-state index in [1.807, 2.05) is 0 Å². The Labute approximate surface area is 129 Å². The number of ether oxygens (including phenoxy) is 1. The molecule has 0 saturated heterocycles. The molecule has 7 heteroatoms. The van der Waals surface area contributed by atoms with E-state index in [2.05, 4.69) is 15.7 Å². The van der Waals surface area contributed by atoms with Crippen molar-refractivity contribution in [3.63, 3.8) is 0 Å². The molecule has 0 radical (unpaired) electrons. The van der Waals surface area contributed by atoms with Gasteiger partial charge in [0, 0.05) is 13.1 Å². The predicted molar refractivity (Wildman–Crippen MR) is 80.6 cm³/mol. The summed E-state index contributed by atoms with van der Waals surface area (Å²) in [4.78, 5) is 23.8. The van der Waals surface area contributed by atoms with Crippen LogP contribution in [-0.2, 0) is 11.8 Å². The Morgan fingerprint density at radius 2 is 2.09 bits per heavy atom. The molecule has 7 nitrogen and oxygen atoms in total. The SMILES string of the molecule is COC(=O)c1cnn(C)c1NC(=O)NC1CC12CCCCC2. The third-order valence-corrected chi connectivity index (χ3v) is 4.92. The minimum atomic E-state index is -0.515. The number of methoxy groups -OCH3 is 1. The maximum atomic E-state index is 12.2. The van der Waals surface area contributed by atoms with Crippen LogP contribution in [0.25, 0.3) is 0 Å². The van der Waals surface area contributed by atoms with Crippen LogP contribution in [0, 0.1) is 5.41 Å². The number of hydrogen-bond acceptors (Lipinski definition) is 4. The molecule has 1 unspecified atom stereocenters. The van der Waals surface area contributed by atoms with Gasteiger partial charge in [0.2, 0.25) is 0 Å². The zero-order valence-corrected chi connectivity index (χ0v) is 13.0. The number of hydrogen-bond donors (Lipinski definition) is 2. The van der Waals surface area contributed by atoms with Gasteiger partial charge in [0.25, 0.3) is 0 Å². The highest BCUT2D eigenvalue weighted by Gasteiger charge is 2.54. The minimum Gasteiger partial charge on any atom is -0.465 e. The standard InChI is InChI=1S/C15H22N4O3/c1-19-12(10(9-16-19)13(20)22-2)18-14(21)17-11-8-15(11)6-4-3-5-7-15/h9,11H,3-8H2,1-2H3,(H2,17,18,21). The highest BCUT2D eigenvalue weighted by molar-refractivity contribution is 5.99. The average Bonchev–Trinajstić information content (AvgIpc) is 3.01. The molecule has 1 spiro atoms. The van der Waals surface area contributed by atoms with Crippen molar-refractivity contribution in [1.29, 1.82) is 0 Å². The van der Waals surface area contributed by atoms with Crippen molar-refractivity contribution in [2.75, 3.05) is 12.4 Å². The van der Waals surface area contributed by atoms with Crippen LogP contribution in [0.2, 0.25) is 0 Å². The zero-order chi connectivity index (χ0) is 15.7. The molecule has 1 aromatic rings. The molecular formula is C15H22N4O3. The summed E-state index contributed by atoms with van der Waals surface area (Å²) in [5.41, 5.74) is 0.580. The highest BCUT2D eigenvalue weighted by atomic mass is 16.5. The number of anilines is 1. The molecule has 2 saturated carbocycles. The topological polar surface area (TPSA) is 85.2 Å². The van der Waals surface area contributed by atoms with Gasteiger partial charge < -0.3 is 10.1 Å². The van der Waals surface area contributed by atoms with Crippen LogP contribution in [0.4, 0.5) is 10.6 Å². The molecule has 22 heavy (non-hydrogen) atoms. The Hall–Kier alpha value is -2.05. The Morgan fingerprint density at radius 1 is 1.36 bits per heavy atom. The van der Waals surface area contributed by atoms with Crippen LogP contribution in [-0.4, -0.2) is 34.9 Å². The normalized spacial score (nSPS) is 22.2. The number of nitrogens with zero attached hydrogens (tertiary/aromatic N) is 2. The summed E-state index contributed by atoms with van der Waals surface area (Å²) < 4.78 is 6.14. The Balaban J connectivity index is 1.61. The lowest BCUT2D eigenvalue weighted by Crippen LogP contribution is -2.35. The van der Waals surface area contributed by atoms with Gasteiger partial charge in [-0.3, -0.25) is 10.00 Å². The predicted octanol–water partition coefficient (Wildman–Crippen LogP) is 2.05. The molecule has 2 aliphatic carbocycles. The zero-order valence-electron chi connectivity index (χ0n) is 13.0. The molecule has 1 atom stereocenters. The molecule has 3 rings (SSSR count). The monoisotopic (exact) mass is 306 g/mol. The number of aryl methyl sites for hydroxylation is 1. The molecule has 0 aromatic carbocycles. The second-order valence-corrected chi connectivity index (χ2v) is 6.30. The fourth-order valence-electron chi connectivity index (χ4n) is 3.51. The van der Waals surface area contributed by atoms with Gasteiger partial charge in [-0.1, -0.05) is 19.3 Å². The van der Waals surface area contributed by atoms with E-state index in [-0.39, 0.29) is 17.6 Å². The fraction of sp³-hybridized carbons (Fsp3) is 0.667. The van der Waals surface area contributed by atoms with Crippen molar-refractivity contribution in [1.82, 2.24) is 15.1 Å². The van der Waals surface area contributed by atoms with Crippen LogP contribution < -0.4 is 10.6 Å². The van der Waals surface area contributed by atoms with Crippen molar-refractivity contribution in [3.8, 4) is 0 Å². The number of carbonyl (C=O) groups excluding carboxylic acids is 2. The van der Waals surface area contributed by atoms with Crippen LogP contribution in [0.3, 0.4) is 0 Å². The summed E-state index contributed by atoms with van der Waals surface area (Å²) in [7, 11) is 2.97. The summed E-state index contributed by atoms with van der Waals surface area (Å²) in [5, 5.41) is 9.73. The van der Waals surface area contributed by atoms with E-state index in [0.717, 1.165) is 6.42 Å². The van der Waals surface area contributed by atoms with E-state index in [1.54, 1.807) is 7.05 Å². The number of esters is 1. The third kappa shape index (κ3) is 2.67. The van der Waals surface area contributed by atoms with Crippen molar-refractivity contribution in [3.05, 3.63) is 11.8 Å². The lowest BCUT2D eigenvalue weighted by Gasteiger charge is -2.22.